The first-order chi connectivity index (χ1) is 16.7. The molecule has 0 unspecified atom stereocenters. The van der Waals surface area contributed by atoms with Gasteiger partial charge < -0.3 is 10.2 Å². The van der Waals surface area contributed by atoms with E-state index in [1.54, 1.807) is 32.3 Å². The Hall–Kier alpha value is -3.42. The Labute approximate surface area is 211 Å². The Morgan fingerprint density at radius 3 is 2.37 bits per heavy atom. The average molecular weight is 490 g/mol. The lowest BCUT2D eigenvalue weighted by Gasteiger charge is -2.22. The number of hydrogen-bond acceptors (Lipinski definition) is 6. The van der Waals surface area contributed by atoms with Crippen molar-refractivity contribution in [3.8, 4) is 11.3 Å². The molecule has 0 aliphatic carbocycles. The largest absolute Gasteiger partial charge is 0.511 e. The number of hydrogen-bond donors (Lipinski definition) is 2. The molecule has 2 aromatic carbocycles. The molecule has 1 heterocycles. The number of aromatic nitrogens is 2. The average Bonchev–Trinajstić information content (AvgIpc) is 2.81. The van der Waals surface area contributed by atoms with Crippen LogP contribution in [0.15, 0.2) is 90.3 Å². The Morgan fingerprint density at radius 1 is 1.06 bits per heavy atom. The minimum Gasteiger partial charge on any atom is -0.511 e. The van der Waals surface area contributed by atoms with Gasteiger partial charge in [-0.1, -0.05) is 54.6 Å². The molecule has 0 aliphatic heterocycles. The molecule has 2 N–H and O–H groups in total. The van der Waals surface area contributed by atoms with Gasteiger partial charge >= 0.3 is 5.97 Å². The van der Waals surface area contributed by atoms with Crippen molar-refractivity contribution in [2.45, 2.75) is 43.5 Å². The number of rotatable bonds is 11. The van der Waals surface area contributed by atoms with E-state index in [0.717, 1.165) is 27.4 Å². The first kappa shape index (κ1) is 26.2. The van der Waals surface area contributed by atoms with Crippen molar-refractivity contribution in [2.24, 2.45) is 0 Å². The molecule has 0 radical (unpaired) electrons. The Bertz CT molecular complexity index is 1190. The molecular weight excluding hydrogens is 458 g/mol. The summed E-state index contributed by atoms with van der Waals surface area (Å²) in [6.07, 6.45) is 4.71. The number of carboxylic acids is 1. The number of aryl methyl sites for hydroxylation is 1. The van der Waals surface area contributed by atoms with E-state index in [1.165, 1.54) is 17.3 Å². The van der Waals surface area contributed by atoms with Crippen molar-refractivity contribution in [1.29, 1.82) is 0 Å². The molecule has 7 heteroatoms. The second-order valence-corrected chi connectivity index (χ2v) is 10.6. The van der Waals surface area contributed by atoms with Crippen LogP contribution < -0.4 is 0 Å². The van der Waals surface area contributed by atoms with E-state index < -0.39 is 10.7 Å². The molecule has 0 saturated heterocycles. The number of benzene rings is 2. The molecule has 0 bridgehead atoms. The minimum absolute atomic E-state index is 0.211. The van der Waals surface area contributed by atoms with Crippen LogP contribution in [0.5, 0.6) is 0 Å². The third-order valence-electron chi connectivity index (χ3n) is 5.37. The van der Waals surface area contributed by atoms with E-state index in [4.69, 9.17) is 0 Å². The molecule has 35 heavy (non-hydrogen) atoms. The molecule has 1 aromatic heterocycles. The van der Waals surface area contributed by atoms with Crippen LogP contribution in [0.2, 0.25) is 0 Å². The van der Waals surface area contributed by atoms with Crippen LogP contribution in [0.4, 0.5) is 0 Å². The van der Waals surface area contributed by atoms with Gasteiger partial charge in [0.25, 0.3) is 0 Å². The summed E-state index contributed by atoms with van der Waals surface area (Å²) in [4.78, 5) is 23.3. The summed E-state index contributed by atoms with van der Waals surface area (Å²) in [6, 6.07) is 18.0. The van der Waals surface area contributed by atoms with Gasteiger partial charge in [-0.2, -0.15) is 0 Å². The van der Waals surface area contributed by atoms with Gasteiger partial charge in [-0.3, -0.25) is 9.69 Å². The highest BCUT2D eigenvalue weighted by atomic mass is 32.2. The fourth-order valence-corrected chi connectivity index (χ4v) is 4.39. The summed E-state index contributed by atoms with van der Waals surface area (Å²) in [5.74, 6) is -0.639. The van der Waals surface area contributed by atoms with Crippen molar-refractivity contribution in [3.05, 3.63) is 102 Å². The minimum atomic E-state index is -0.906. The van der Waals surface area contributed by atoms with Crippen LogP contribution >= 0.6 is 11.8 Å². The summed E-state index contributed by atoms with van der Waals surface area (Å²) in [5, 5.41) is 19.7. The maximum atomic E-state index is 11.4. The summed E-state index contributed by atoms with van der Waals surface area (Å²) in [6.45, 7) is 10.5. The third-order valence-corrected chi connectivity index (χ3v) is 6.56. The highest BCUT2D eigenvalue weighted by Crippen LogP contribution is 2.32. The molecule has 0 spiro atoms. The number of allylic oxidation sites excluding steroid dienone is 2. The molecule has 0 aliphatic rings. The smallest absolute Gasteiger partial charge is 0.319 e. The van der Waals surface area contributed by atoms with Crippen LogP contribution in [0.25, 0.3) is 11.3 Å². The number of thioether (sulfide) groups is 1. The number of carbonyl (C=O) groups is 1. The lowest BCUT2D eigenvalue weighted by Crippen LogP contribution is -2.27. The quantitative estimate of drug-likeness (QED) is 0.193. The number of aliphatic carboxylic acids is 1. The number of nitrogens with zero attached hydrogens (tertiary/aromatic N) is 3. The van der Waals surface area contributed by atoms with E-state index in [1.807, 2.05) is 42.5 Å². The fourth-order valence-electron chi connectivity index (χ4n) is 3.44. The molecule has 0 saturated carbocycles. The zero-order valence-corrected chi connectivity index (χ0v) is 21.1. The molecule has 0 amide bonds. The van der Waals surface area contributed by atoms with Crippen molar-refractivity contribution >= 4 is 17.7 Å². The normalized spacial score (nSPS) is 12.1. The summed E-state index contributed by atoms with van der Waals surface area (Å²) >= 11 is 1.31. The number of aliphatic hydroxyl groups excluding tert-OH is 1. The van der Waals surface area contributed by atoms with E-state index in [0.29, 0.717) is 19.6 Å². The third kappa shape index (κ3) is 7.80. The van der Waals surface area contributed by atoms with Crippen LogP contribution in [0.1, 0.15) is 30.7 Å². The maximum Gasteiger partial charge on any atom is 0.319 e. The second-order valence-electron chi connectivity index (χ2n) is 8.86. The summed E-state index contributed by atoms with van der Waals surface area (Å²) < 4.78 is -0.906. The van der Waals surface area contributed by atoms with Crippen LogP contribution in [-0.2, 0) is 17.9 Å². The fraction of sp³-hybridized carbons (Fsp3) is 0.250. The Balaban J connectivity index is 1.78. The van der Waals surface area contributed by atoms with Crippen LogP contribution in [0, 0.1) is 6.92 Å². The first-order valence-electron chi connectivity index (χ1n) is 11.3. The standard InChI is InChI=1S/C28H31N3O3S/c1-5-6-24(32)18-31(16-21-9-13-25(14-10-21)35-28(3,4)27(33)34)17-23-15-26(30-19-29-23)22-11-7-20(2)8-12-22/h5-15,19,32H,1,16-18H2,2-4H3,(H,33,34)/b24-6-. The van der Waals surface area contributed by atoms with Crippen LogP contribution in [0.3, 0.4) is 0 Å². The van der Waals surface area contributed by atoms with Gasteiger partial charge in [0.2, 0.25) is 0 Å². The second kappa shape index (κ2) is 11.8. The monoisotopic (exact) mass is 489 g/mol. The highest BCUT2D eigenvalue weighted by molar-refractivity contribution is 8.01. The van der Waals surface area contributed by atoms with Gasteiger partial charge in [0, 0.05) is 23.5 Å². The lowest BCUT2D eigenvalue weighted by molar-refractivity contribution is -0.138. The predicted molar refractivity (Wildman–Crippen MR) is 141 cm³/mol. The van der Waals surface area contributed by atoms with Gasteiger partial charge in [0.05, 0.1) is 17.9 Å². The predicted octanol–water partition coefficient (Wildman–Crippen LogP) is 6.04. The zero-order valence-electron chi connectivity index (χ0n) is 20.3. The molecule has 182 valence electrons. The van der Waals surface area contributed by atoms with Gasteiger partial charge in [-0.15, -0.1) is 11.8 Å². The van der Waals surface area contributed by atoms with Gasteiger partial charge in [-0.25, -0.2) is 9.97 Å². The molecule has 3 aromatic rings. The Morgan fingerprint density at radius 2 is 1.74 bits per heavy atom. The Kier molecular flexibility index (Phi) is 8.84. The molecule has 0 fully saturated rings. The molecule has 0 atom stereocenters. The molecule has 6 nitrogen and oxygen atoms in total. The zero-order chi connectivity index (χ0) is 25.4. The van der Waals surface area contributed by atoms with Gasteiger partial charge in [0.15, 0.2) is 0 Å². The topological polar surface area (TPSA) is 86.5 Å². The van der Waals surface area contributed by atoms with Gasteiger partial charge in [-0.05, 0) is 50.6 Å². The SMILES string of the molecule is C=C/C=C(\O)CN(Cc1ccc(SC(C)(C)C(=O)O)cc1)Cc1cc(-c2ccc(C)cc2)ncn1. The highest BCUT2D eigenvalue weighted by Gasteiger charge is 2.28. The lowest BCUT2D eigenvalue weighted by atomic mass is 10.1. The number of carboxylic acid groups (broad SMARTS) is 1. The van der Waals surface area contributed by atoms with Crippen molar-refractivity contribution in [1.82, 2.24) is 14.9 Å². The molecular formula is C28H31N3O3S. The van der Waals surface area contributed by atoms with E-state index >= 15 is 0 Å². The summed E-state index contributed by atoms with van der Waals surface area (Å²) in [7, 11) is 0. The van der Waals surface area contributed by atoms with Gasteiger partial charge in [0.1, 0.15) is 16.8 Å². The number of aliphatic hydroxyl groups is 1. The van der Waals surface area contributed by atoms with Crippen LogP contribution in [-0.4, -0.2) is 42.3 Å². The van der Waals surface area contributed by atoms with E-state index in [9.17, 15) is 15.0 Å². The van der Waals surface area contributed by atoms with Crippen molar-refractivity contribution in [3.63, 3.8) is 0 Å². The maximum absolute atomic E-state index is 11.4. The first-order valence-corrected chi connectivity index (χ1v) is 12.1. The van der Waals surface area contributed by atoms with Crippen molar-refractivity contribution in [2.75, 3.05) is 6.54 Å². The molecule has 3 rings (SSSR count). The van der Waals surface area contributed by atoms with E-state index in [-0.39, 0.29) is 5.76 Å². The summed E-state index contributed by atoms with van der Waals surface area (Å²) in [5.41, 5.74) is 4.95. The van der Waals surface area contributed by atoms with Crippen molar-refractivity contribution < 1.29 is 15.0 Å². The van der Waals surface area contributed by atoms with E-state index in [2.05, 4.69) is 40.5 Å².